The lowest BCUT2D eigenvalue weighted by Gasteiger charge is -2.32. The number of likely N-dealkylation sites (tertiary alicyclic amines) is 1. The van der Waals surface area contributed by atoms with Gasteiger partial charge in [-0.3, -0.25) is 9.58 Å². The highest BCUT2D eigenvalue weighted by Crippen LogP contribution is 2.28. The standard InChI is InChI=1S/C12H18BrN3O/c1-8-12(13)11(15(2)14-8)7-16-5-9-3-4-10(6-16)17-9/h9-10H,3-7H2,1-2H3. The van der Waals surface area contributed by atoms with Gasteiger partial charge in [-0.15, -0.1) is 0 Å². The SMILES string of the molecule is Cc1nn(C)c(CN2CC3CCC(C2)O3)c1Br. The predicted octanol–water partition coefficient (Wildman–Crippen LogP) is 1.85. The van der Waals surface area contributed by atoms with Crippen LogP contribution in [0.2, 0.25) is 0 Å². The molecule has 4 nitrogen and oxygen atoms in total. The Morgan fingerprint density at radius 2 is 2.00 bits per heavy atom. The lowest BCUT2D eigenvalue weighted by Crippen LogP contribution is -2.42. The molecular formula is C12H18BrN3O. The van der Waals surface area contributed by atoms with Gasteiger partial charge in [-0.2, -0.15) is 5.10 Å². The summed E-state index contributed by atoms with van der Waals surface area (Å²) in [7, 11) is 2.02. The van der Waals surface area contributed by atoms with E-state index < -0.39 is 0 Å². The number of hydrogen-bond acceptors (Lipinski definition) is 3. The smallest absolute Gasteiger partial charge is 0.0739 e. The van der Waals surface area contributed by atoms with E-state index in [2.05, 4.69) is 25.9 Å². The van der Waals surface area contributed by atoms with Gasteiger partial charge in [0.2, 0.25) is 0 Å². The Labute approximate surface area is 110 Å². The summed E-state index contributed by atoms with van der Waals surface area (Å²) < 4.78 is 8.99. The molecule has 0 N–H and O–H groups in total. The number of aryl methyl sites for hydroxylation is 2. The molecule has 2 unspecified atom stereocenters. The van der Waals surface area contributed by atoms with Crippen molar-refractivity contribution in [2.45, 2.75) is 38.5 Å². The molecule has 2 aliphatic rings. The fourth-order valence-corrected chi connectivity index (χ4v) is 3.35. The van der Waals surface area contributed by atoms with Crippen LogP contribution in [0.5, 0.6) is 0 Å². The number of fused-ring (bicyclic) bond motifs is 2. The van der Waals surface area contributed by atoms with Crippen molar-refractivity contribution in [1.82, 2.24) is 14.7 Å². The number of morpholine rings is 1. The Balaban J connectivity index is 1.74. The number of aromatic nitrogens is 2. The molecule has 0 radical (unpaired) electrons. The van der Waals surface area contributed by atoms with Gasteiger partial charge < -0.3 is 4.74 Å². The van der Waals surface area contributed by atoms with Crippen LogP contribution >= 0.6 is 15.9 Å². The summed E-state index contributed by atoms with van der Waals surface area (Å²) in [6, 6.07) is 0. The van der Waals surface area contributed by atoms with Crippen molar-refractivity contribution in [3.8, 4) is 0 Å². The Kier molecular flexibility index (Phi) is 3.00. The molecule has 94 valence electrons. The summed E-state index contributed by atoms with van der Waals surface area (Å²) in [5.41, 5.74) is 2.34. The molecule has 2 aliphatic heterocycles. The Hall–Kier alpha value is -0.390. The molecule has 3 rings (SSSR count). The molecule has 17 heavy (non-hydrogen) atoms. The maximum absolute atomic E-state index is 5.86. The number of halogens is 1. The van der Waals surface area contributed by atoms with Crippen molar-refractivity contribution in [3.63, 3.8) is 0 Å². The van der Waals surface area contributed by atoms with Crippen molar-refractivity contribution >= 4 is 15.9 Å². The molecule has 0 saturated carbocycles. The monoisotopic (exact) mass is 299 g/mol. The summed E-state index contributed by atoms with van der Waals surface area (Å²) in [6.07, 6.45) is 3.38. The van der Waals surface area contributed by atoms with Crippen LogP contribution in [0.3, 0.4) is 0 Å². The largest absolute Gasteiger partial charge is 0.372 e. The van der Waals surface area contributed by atoms with Crippen LogP contribution in [-0.4, -0.2) is 40.0 Å². The second kappa shape index (κ2) is 4.37. The third kappa shape index (κ3) is 2.16. The first-order valence-electron chi connectivity index (χ1n) is 6.19. The molecule has 2 atom stereocenters. The van der Waals surface area contributed by atoms with Crippen molar-refractivity contribution in [1.29, 1.82) is 0 Å². The molecule has 0 aliphatic carbocycles. The molecule has 3 heterocycles. The summed E-state index contributed by atoms with van der Waals surface area (Å²) >= 11 is 3.63. The zero-order valence-corrected chi connectivity index (χ0v) is 11.9. The lowest BCUT2D eigenvalue weighted by atomic mass is 10.2. The van der Waals surface area contributed by atoms with E-state index in [-0.39, 0.29) is 0 Å². The van der Waals surface area contributed by atoms with E-state index in [0.717, 1.165) is 29.8 Å². The number of nitrogens with zero attached hydrogens (tertiary/aromatic N) is 3. The first-order valence-corrected chi connectivity index (χ1v) is 6.98. The van der Waals surface area contributed by atoms with Gasteiger partial charge in [-0.1, -0.05) is 0 Å². The van der Waals surface area contributed by atoms with Crippen molar-refractivity contribution in [2.75, 3.05) is 13.1 Å². The van der Waals surface area contributed by atoms with Gasteiger partial charge in [0.1, 0.15) is 0 Å². The maximum atomic E-state index is 5.86. The summed E-state index contributed by atoms with van der Waals surface area (Å²) in [5, 5.41) is 4.44. The van der Waals surface area contributed by atoms with E-state index in [0.29, 0.717) is 12.2 Å². The Morgan fingerprint density at radius 3 is 2.53 bits per heavy atom. The van der Waals surface area contributed by atoms with Gasteiger partial charge in [-0.05, 0) is 35.7 Å². The number of rotatable bonds is 2. The van der Waals surface area contributed by atoms with E-state index in [9.17, 15) is 0 Å². The average molecular weight is 300 g/mol. The van der Waals surface area contributed by atoms with E-state index in [1.165, 1.54) is 18.5 Å². The third-order valence-electron chi connectivity index (χ3n) is 3.75. The second-order valence-electron chi connectivity index (χ2n) is 5.12. The van der Waals surface area contributed by atoms with E-state index >= 15 is 0 Å². The Morgan fingerprint density at radius 1 is 1.35 bits per heavy atom. The van der Waals surface area contributed by atoms with Gasteiger partial charge in [0, 0.05) is 26.7 Å². The fraction of sp³-hybridized carbons (Fsp3) is 0.750. The van der Waals surface area contributed by atoms with Crippen LogP contribution in [0, 0.1) is 6.92 Å². The minimum atomic E-state index is 0.460. The molecule has 0 amide bonds. The minimum Gasteiger partial charge on any atom is -0.372 e. The fourth-order valence-electron chi connectivity index (χ4n) is 2.89. The third-order valence-corrected chi connectivity index (χ3v) is 4.79. The van der Waals surface area contributed by atoms with Crippen molar-refractivity contribution in [3.05, 3.63) is 15.9 Å². The van der Waals surface area contributed by atoms with Crippen LogP contribution in [0.4, 0.5) is 0 Å². The van der Waals surface area contributed by atoms with Crippen molar-refractivity contribution in [2.24, 2.45) is 7.05 Å². The van der Waals surface area contributed by atoms with Crippen LogP contribution in [0.15, 0.2) is 4.47 Å². The molecule has 2 saturated heterocycles. The van der Waals surface area contributed by atoms with Gasteiger partial charge in [0.15, 0.2) is 0 Å². The molecule has 2 bridgehead atoms. The maximum Gasteiger partial charge on any atom is 0.0739 e. The van der Waals surface area contributed by atoms with Crippen LogP contribution in [-0.2, 0) is 18.3 Å². The van der Waals surface area contributed by atoms with E-state index in [1.807, 2.05) is 18.7 Å². The normalized spacial score (nSPS) is 28.9. The van der Waals surface area contributed by atoms with E-state index in [1.54, 1.807) is 0 Å². The number of hydrogen-bond donors (Lipinski definition) is 0. The second-order valence-corrected chi connectivity index (χ2v) is 5.91. The summed E-state index contributed by atoms with van der Waals surface area (Å²) in [5.74, 6) is 0. The molecule has 5 heteroatoms. The van der Waals surface area contributed by atoms with Gasteiger partial charge in [0.25, 0.3) is 0 Å². The molecule has 0 aromatic carbocycles. The highest BCUT2D eigenvalue weighted by atomic mass is 79.9. The molecule has 1 aromatic rings. The van der Waals surface area contributed by atoms with Gasteiger partial charge >= 0.3 is 0 Å². The predicted molar refractivity (Wildman–Crippen MR) is 68.8 cm³/mol. The summed E-state index contributed by atoms with van der Waals surface area (Å²) in [4.78, 5) is 2.49. The zero-order chi connectivity index (χ0) is 12.0. The quantitative estimate of drug-likeness (QED) is 0.835. The topological polar surface area (TPSA) is 30.3 Å². The molecular weight excluding hydrogens is 282 g/mol. The average Bonchev–Trinajstić information content (AvgIpc) is 2.74. The van der Waals surface area contributed by atoms with Gasteiger partial charge in [-0.25, -0.2) is 0 Å². The van der Waals surface area contributed by atoms with Crippen molar-refractivity contribution < 1.29 is 4.74 Å². The lowest BCUT2D eigenvalue weighted by molar-refractivity contribution is -0.0417. The van der Waals surface area contributed by atoms with Crippen LogP contribution in [0.1, 0.15) is 24.2 Å². The number of ether oxygens (including phenoxy) is 1. The molecule has 1 aromatic heterocycles. The first-order chi connectivity index (χ1) is 8.13. The highest BCUT2D eigenvalue weighted by Gasteiger charge is 2.34. The Bertz CT molecular complexity index is 420. The molecule has 2 fully saturated rings. The minimum absolute atomic E-state index is 0.460. The first kappa shape index (κ1) is 11.7. The summed E-state index contributed by atoms with van der Waals surface area (Å²) in [6.45, 7) is 5.13. The highest BCUT2D eigenvalue weighted by molar-refractivity contribution is 9.10. The van der Waals surface area contributed by atoms with Crippen LogP contribution in [0.25, 0.3) is 0 Å². The van der Waals surface area contributed by atoms with Crippen LogP contribution < -0.4 is 0 Å². The van der Waals surface area contributed by atoms with Gasteiger partial charge in [0.05, 0.1) is 28.1 Å². The van der Waals surface area contributed by atoms with E-state index in [4.69, 9.17) is 4.74 Å². The molecule has 0 spiro atoms. The zero-order valence-electron chi connectivity index (χ0n) is 10.3.